The van der Waals surface area contributed by atoms with Gasteiger partial charge in [0.05, 0.1) is 38.3 Å². The predicted molar refractivity (Wildman–Crippen MR) is 106 cm³/mol. The van der Waals surface area contributed by atoms with Crippen LogP contribution < -0.4 is 9.64 Å². The summed E-state index contributed by atoms with van der Waals surface area (Å²) in [6.07, 6.45) is 4.32. The van der Waals surface area contributed by atoms with Gasteiger partial charge in [-0.15, -0.1) is 0 Å². The molecule has 2 atom stereocenters. The fourth-order valence-corrected chi connectivity index (χ4v) is 3.83. The summed E-state index contributed by atoms with van der Waals surface area (Å²) in [5, 5.41) is 11.1. The fourth-order valence-electron chi connectivity index (χ4n) is 3.83. The minimum absolute atomic E-state index is 0.121. The van der Waals surface area contributed by atoms with E-state index in [1.54, 1.807) is 4.90 Å². The molecular formula is C23H32NO2+. The van der Waals surface area contributed by atoms with Crippen LogP contribution in [0.5, 0.6) is 5.75 Å². The van der Waals surface area contributed by atoms with Gasteiger partial charge in [-0.3, -0.25) is 0 Å². The molecule has 0 unspecified atom stereocenters. The maximum atomic E-state index is 11.1. The minimum atomic E-state index is -0.491. The number of hydrogen-bond acceptors (Lipinski definition) is 2. The maximum Gasteiger partial charge on any atom is 0.119 e. The van der Waals surface area contributed by atoms with Crippen LogP contribution >= 0.6 is 0 Å². The van der Waals surface area contributed by atoms with Gasteiger partial charge in [0, 0.05) is 12.8 Å². The molecule has 3 heteroatoms. The molecule has 2 N–H and O–H groups in total. The largest absolute Gasteiger partial charge is 0.494 e. The molecule has 3 nitrogen and oxygen atoms in total. The Morgan fingerprint density at radius 3 is 2.31 bits per heavy atom. The fraction of sp³-hybridized carbons (Fsp3) is 0.478. The number of aliphatic hydroxyl groups is 1. The first kappa shape index (κ1) is 18.9. The molecule has 0 bridgehead atoms. The highest BCUT2D eigenvalue weighted by Crippen LogP contribution is 2.31. The van der Waals surface area contributed by atoms with E-state index in [-0.39, 0.29) is 5.92 Å². The van der Waals surface area contributed by atoms with Gasteiger partial charge in [0.1, 0.15) is 5.75 Å². The zero-order valence-electron chi connectivity index (χ0n) is 15.9. The molecule has 140 valence electrons. The standard InChI is InChI=1S/C23H31NO2/c1-2-3-17-26-21-13-11-20(12-14-21)23(25)22(18-24-15-7-8-16-24)19-9-5-4-6-10-19/h4-6,9-14,22-23,25H,2-3,7-8,15-18H2,1H3/p+1/t22-,23+/m0/s1. The van der Waals surface area contributed by atoms with Gasteiger partial charge in [0.2, 0.25) is 0 Å². The van der Waals surface area contributed by atoms with E-state index in [1.807, 2.05) is 30.3 Å². The van der Waals surface area contributed by atoms with Crippen LogP contribution in [0.3, 0.4) is 0 Å². The van der Waals surface area contributed by atoms with E-state index >= 15 is 0 Å². The Morgan fingerprint density at radius 2 is 1.65 bits per heavy atom. The summed E-state index contributed by atoms with van der Waals surface area (Å²) in [6.45, 7) is 6.35. The Labute approximate surface area is 157 Å². The lowest BCUT2D eigenvalue weighted by molar-refractivity contribution is -0.889. The summed E-state index contributed by atoms with van der Waals surface area (Å²) in [4.78, 5) is 1.61. The van der Waals surface area contributed by atoms with Gasteiger partial charge >= 0.3 is 0 Å². The lowest BCUT2D eigenvalue weighted by Gasteiger charge is -2.26. The van der Waals surface area contributed by atoms with Gasteiger partial charge in [0.25, 0.3) is 0 Å². The number of unbranched alkanes of at least 4 members (excludes halogenated alkanes) is 1. The topological polar surface area (TPSA) is 33.9 Å². The highest BCUT2D eigenvalue weighted by molar-refractivity contribution is 5.31. The van der Waals surface area contributed by atoms with Crippen LogP contribution in [0.2, 0.25) is 0 Å². The maximum absolute atomic E-state index is 11.1. The van der Waals surface area contributed by atoms with Crippen LogP contribution in [-0.2, 0) is 0 Å². The number of nitrogens with one attached hydrogen (secondary N) is 1. The van der Waals surface area contributed by atoms with Crippen LogP contribution in [0.15, 0.2) is 54.6 Å². The second-order valence-electron chi connectivity index (χ2n) is 7.39. The van der Waals surface area contributed by atoms with Crippen molar-refractivity contribution in [1.82, 2.24) is 0 Å². The summed E-state index contributed by atoms with van der Waals surface area (Å²) in [5.74, 6) is 1.01. The number of likely N-dealkylation sites (tertiary alicyclic amines) is 1. The number of aliphatic hydroxyl groups excluding tert-OH is 1. The monoisotopic (exact) mass is 354 g/mol. The van der Waals surface area contributed by atoms with E-state index < -0.39 is 6.10 Å². The summed E-state index contributed by atoms with van der Waals surface area (Å²) < 4.78 is 5.75. The van der Waals surface area contributed by atoms with Crippen molar-refractivity contribution < 1.29 is 14.7 Å². The van der Waals surface area contributed by atoms with E-state index in [1.165, 1.54) is 31.5 Å². The van der Waals surface area contributed by atoms with Crippen LogP contribution in [0.1, 0.15) is 55.8 Å². The van der Waals surface area contributed by atoms with Crippen molar-refractivity contribution in [2.75, 3.05) is 26.2 Å². The average Bonchev–Trinajstić information content (AvgIpc) is 3.20. The van der Waals surface area contributed by atoms with Gasteiger partial charge in [-0.2, -0.15) is 0 Å². The normalized spacial score (nSPS) is 17.2. The van der Waals surface area contributed by atoms with Gasteiger partial charge in [-0.25, -0.2) is 0 Å². The van der Waals surface area contributed by atoms with Gasteiger partial charge in [-0.05, 0) is 29.7 Å². The smallest absolute Gasteiger partial charge is 0.119 e. The lowest BCUT2D eigenvalue weighted by Crippen LogP contribution is -3.10. The number of quaternary nitrogens is 1. The highest BCUT2D eigenvalue weighted by atomic mass is 16.5. The molecule has 0 aliphatic carbocycles. The molecule has 26 heavy (non-hydrogen) atoms. The molecule has 0 saturated carbocycles. The van der Waals surface area contributed by atoms with Crippen LogP contribution in [0, 0.1) is 0 Å². The molecule has 0 amide bonds. The molecule has 0 spiro atoms. The molecule has 1 saturated heterocycles. The first-order chi connectivity index (χ1) is 12.8. The second kappa shape index (κ2) is 9.75. The van der Waals surface area contributed by atoms with Crippen molar-refractivity contribution in [1.29, 1.82) is 0 Å². The third-order valence-corrected chi connectivity index (χ3v) is 5.42. The van der Waals surface area contributed by atoms with Crippen molar-refractivity contribution in [3.8, 4) is 5.75 Å². The van der Waals surface area contributed by atoms with E-state index in [9.17, 15) is 5.11 Å². The van der Waals surface area contributed by atoms with E-state index in [0.717, 1.165) is 37.3 Å². The Bertz CT molecular complexity index is 635. The third-order valence-electron chi connectivity index (χ3n) is 5.42. The van der Waals surface area contributed by atoms with E-state index in [0.29, 0.717) is 0 Å². The quantitative estimate of drug-likeness (QED) is 0.677. The van der Waals surface area contributed by atoms with E-state index in [2.05, 4.69) is 31.2 Å². The van der Waals surface area contributed by atoms with Crippen molar-refractivity contribution in [2.24, 2.45) is 0 Å². The average molecular weight is 355 g/mol. The second-order valence-corrected chi connectivity index (χ2v) is 7.39. The highest BCUT2D eigenvalue weighted by Gasteiger charge is 2.28. The van der Waals surface area contributed by atoms with Gasteiger partial charge in [0.15, 0.2) is 0 Å². The zero-order valence-corrected chi connectivity index (χ0v) is 15.9. The number of rotatable bonds is 9. The molecule has 0 radical (unpaired) electrons. The SMILES string of the molecule is CCCCOc1ccc([C@@H](O)[C@@H](C[NH+]2CCCC2)c2ccccc2)cc1. The van der Waals surface area contributed by atoms with Crippen LogP contribution in [0.4, 0.5) is 0 Å². The van der Waals surface area contributed by atoms with Crippen molar-refractivity contribution in [2.45, 2.75) is 44.6 Å². The van der Waals surface area contributed by atoms with Gasteiger partial charge in [-0.1, -0.05) is 55.8 Å². The third kappa shape index (κ3) is 5.09. The molecule has 3 rings (SSSR count). The first-order valence-corrected chi connectivity index (χ1v) is 10.1. The summed E-state index contributed by atoms with van der Waals surface area (Å²) in [7, 11) is 0. The number of hydrogen-bond donors (Lipinski definition) is 2. The van der Waals surface area contributed by atoms with Crippen LogP contribution in [0.25, 0.3) is 0 Å². The number of benzene rings is 2. The molecule has 1 aliphatic rings. The molecule has 1 heterocycles. The minimum Gasteiger partial charge on any atom is -0.494 e. The lowest BCUT2D eigenvalue weighted by atomic mass is 9.88. The van der Waals surface area contributed by atoms with Crippen molar-refractivity contribution in [3.63, 3.8) is 0 Å². The zero-order chi connectivity index (χ0) is 18.2. The Balaban J connectivity index is 1.72. The molecular weight excluding hydrogens is 322 g/mol. The summed E-state index contributed by atoms with van der Waals surface area (Å²) in [6, 6.07) is 18.5. The van der Waals surface area contributed by atoms with Gasteiger partial charge < -0.3 is 14.7 Å². The Kier molecular flexibility index (Phi) is 7.10. The molecule has 2 aromatic carbocycles. The Hall–Kier alpha value is -1.84. The Morgan fingerprint density at radius 1 is 0.962 bits per heavy atom. The first-order valence-electron chi connectivity index (χ1n) is 10.1. The number of ether oxygens (including phenoxy) is 1. The predicted octanol–water partition coefficient (Wildman–Crippen LogP) is 3.36. The van der Waals surface area contributed by atoms with Crippen LogP contribution in [-0.4, -0.2) is 31.3 Å². The molecule has 1 fully saturated rings. The van der Waals surface area contributed by atoms with E-state index in [4.69, 9.17) is 4.74 Å². The molecule has 0 aromatic heterocycles. The summed E-state index contributed by atoms with van der Waals surface area (Å²) in [5.41, 5.74) is 2.20. The molecule has 1 aliphatic heterocycles. The van der Waals surface area contributed by atoms with Crippen molar-refractivity contribution in [3.05, 3.63) is 65.7 Å². The molecule has 2 aromatic rings. The summed E-state index contributed by atoms with van der Waals surface area (Å²) >= 11 is 0. The van der Waals surface area contributed by atoms with Crippen molar-refractivity contribution >= 4 is 0 Å².